The second kappa shape index (κ2) is 6.99. The molecule has 5 heteroatoms. The van der Waals surface area contributed by atoms with E-state index >= 15 is 0 Å². The molecule has 0 unspecified atom stereocenters. The Morgan fingerprint density at radius 2 is 1.91 bits per heavy atom. The molecule has 1 atom stereocenters. The van der Waals surface area contributed by atoms with Crippen molar-refractivity contribution in [1.29, 1.82) is 0 Å². The Morgan fingerprint density at radius 3 is 2.36 bits per heavy atom. The zero-order chi connectivity index (χ0) is 16.3. The minimum Gasteiger partial charge on any atom is -0.349 e. The molecule has 0 radical (unpaired) electrons. The number of piperidine rings is 1. The third kappa shape index (κ3) is 3.62. The van der Waals surface area contributed by atoms with Gasteiger partial charge in [-0.15, -0.1) is 0 Å². The van der Waals surface area contributed by atoms with E-state index in [1.807, 2.05) is 19.0 Å². The normalized spacial score (nSPS) is 22.8. The smallest absolute Gasteiger partial charge is 0.254 e. The lowest BCUT2D eigenvalue weighted by atomic mass is 9.86. The molecule has 126 valence electrons. The summed E-state index contributed by atoms with van der Waals surface area (Å²) in [5.74, 6) is 1.56. The van der Waals surface area contributed by atoms with E-state index in [4.69, 9.17) is 4.99 Å². The number of carbonyl (C=O) groups excluding carboxylic acids is 1. The highest BCUT2D eigenvalue weighted by atomic mass is 16.2. The van der Waals surface area contributed by atoms with Gasteiger partial charge in [-0.05, 0) is 38.0 Å². The molecule has 0 aromatic rings. The third-order valence-corrected chi connectivity index (χ3v) is 5.08. The van der Waals surface area contributed by atoms with E-state index in [1.54, 1.807) is 0 Å². The highest BCUT2D eigenvalue weighted by Crippen LogP contribution is 2.32. The van der Waals surface area contributed by atoms with Crippen molar-refractivity contribution in [3.05, 3.63) is 0 Å². The van der Waals surface area contributed by atoms with Gasteiger partial charge in [0, 0.05) is 33.2 Å². The van der Waals surface area contributed by atoms with Crippen LogP contribution < -0.4 is 5.32 Å². The van der Waals surface area contributed by atoms with E-state index in [-0.39, 0.29) is 5.91 Å². The van der Waals surface area contributed by atoms with Crippen LogP contribution in [-0.4, -0.2) is 60.4 Å². The summed E-state index contributed by atoms with van der Waals surface area (Å²) in [6.07, 6.45) is 5.42. The molecule has 0 saturated carbocycles. The van der Waals surface area contributed by atoms with Crippen molar-refractivity contribution in [2.45, 2.75) is 64.5 Å². The maximum absolute atomic E-state index is 12.4. The zero-order valence-electron chi connectivity index (χ0n) is 14.9. The highest BCUT2D eigenvalue weighted by molar-refractivity contribution is 6.07. The van der Waals surface area contributed by atoms with Crippen molar-refractivity contribution < 1.29 is 4.79 Å². The standard InChI is InChI=1S/C17H32N4O/c1-6-14(8-7-13(2)3)21-11-9-17(10-12-21)15(22)18-16(19-17)20(4)5/h13-14H,6-12H2,1-5H3,(H,18,19,22)/t14-/m1/s1. The average molecular weight is 308 g/mol. The van der Waals surface area contributed by atoms with E-state index < -0.39 is 5.54 Å². The zero-order valence-corrected chi connectivity index (χ0v) is 14.9. The highest BCUT2D eigenvalue weighted by Gasteiger charge is 2.46. The predicted octanol–water partition coefficient (Wildman–Crippen LogP) is 2.08. The van der Waals surface area contributed by atoms with Crippen molar-refractivity contribution in [3.8, 4) is 0 Å². The maximum atomic E-state index is 12.4. The topological polar surface area (TPSA) is 47.9 Å². The average Bonchev–Trinajstić information content (AvgIpc) is 2.79. The lowest BCUT2D eigenvalue weighted by Crippen LogP contribution is -2.51. The number of hydrogen-bond donors (Lipinski definition) is 1. The van der Waals surface area contributed by atoms with Crippen LogP contribution in [0.5, 0.6) is 0 Å². The van der Waals surface area contributed by atoms with Gasteiger partial charge in [-0.25, -0.2) is 4.99 Å². The molecule has 22 heavy (non-hydrogen) atoms. The molecular weight excluding hydrogens is 276 g/mol. The Bertz CT molecular complexity index is 422. The number of hydrogen-bond acceptors (Lipinski definition) is 4. The van der Waals surface area contributed by atoms with Crippen molar-refractivity contribution in [3.63, 3.8) is 0 Å². The van der Waals surface area contributed by atoms with Crippen LogP contribution in [0.25, 0.3) is 0 Å². The van der Waals surface area contributed by atoms with Crippen LogP contribution in [0.15, 0.2) is 4.99 Å². The monoisotopic (exact) mass is 308 g/mol. The summed E-state index contributed by atoms with van der Waals surface area (Å²) in [5.41, 5.74) is -0.507. The molecule has 5 nitrogen and oxygen atoms in total. The number of rotatable bonds is 5. The molecule has 2 rings (SSSR count). The van der Waals surface area contributed by atoms with Crippen molar-refractivity contribution in [2.75, 3.05) is 27.2 Å². The van der Waals surface area contributed by atoms with Crippen molar-refractivity contribution >= 4 is 11.9 Å². The number of amides is 1. The molecule has 2 aliphatic heterocycles. The molecule has 0 aliphatic carbocycles. The Balaban J connectivity index is 1.96. The third-order valence-electron chi connectivity index (χ3n) is 5.08. The van der Waals surface area contributed by atoms with Gasteiger partial charge in [0.05, 0.1) is 0 Å². The maximum Gasteiger partial charge on any atom is 0.254 e. The lowest BCUT2D eigenvalue weighted by molar-refractivity contribution is -0.125. The molecule has 0 aromatic heterocycles. The Morgan fingerprint density at radius 1 is 1.27 bits per heavy atom. The number of guanidine groups is 1. The molecular formula is C17H32N4O. The number of carbonyl (C=O) groups is 1. The molecule has 1 amide bonds. The van der Waals surface area contributed by atoms with E-state index in [2.05, 4.69) is 31.0 Å². The lowest BCUT2D eigenvalue weighted by Gasteiger charge is -2.40. The SMILES string of the molecule is CC[C@H](CCC(C)C)N1CCC2(CC1)N=C(N(C)C)NC2=O. The summed E-state index contributed by atoms with van der Waals surface area (Å²) in [6.45, 7) is 8.82. The summed E-state index contributed by atoms with van der Waals surface area (Å²) in [6, 6.07) is 0.654. The first-order valence-corrected chi connectivity index (χ1v) is 8.70. The fourth-order valence-electron chi connectivity index (χ4n) is 3.48. The molecule has 2 heterocycles. The van der Waals surface area contributed by atoms with Gasteiger partial charge >= 0.3 is 0 Å². The van der Waals surface area contributed by atoms with Gasteiger partial charge in [0.2, 0.25) is 5.96 Å². The van der Waals surface area contributed by atoms with Crippen LogP contribution in [0.4, 0.5) is 0 Å². The summed E-state index contributed by atoms with van der Waals surface area (Å²) < 4.78 is 0. The van der Waals surface area contributed by atoms with E-state index in [1.165, 1.54) is 19.3 Å². The van der Waals surface area contributed by atoms with Crippen molar-refractivity contribution in [1.82, 2.24) is 15.1 Å². The quantitative estimate of drug-likeness (QED) is 0.846. The van der Waals surface area contributed by atoms with Crippen LogP contribution in [0.3, 0.4) is 0 Å². The van der Waals surface area contributed by atoms with E-state index in [9.17, 15) is 4.79 Å². The Labute approximate surface area is 135 Å². The molecule has 2 aliphatic rings. The fourth-order valence-corrected chi connectivity index (χ4v) is 3.48. The minimum atomic E-state index is -0.507. The number of aliphatic imine (C=N–C) groups is 1. The van der Waals surface area contributed by atoms with Crippen LogP contribution >= 0.6 is 0 Å². The molecule has 0 bridgehead atoms. The Kier molecular flexibility index (Phi) is 5.48. The van der Waals surface area contributed by atoms with Gasteiger partial charge in [0.1, 0.15) is 5.54 Å². The molecule has 1 fully saturated rings. The second-order valence-electron chi connectivity index (χ2n) is 7.38. The molecule has 1 N–H and O–H groups in total. The second-order valence-corrected chi connectivity index (χ2v) is 7.38. The first-order chi connectivity index (χ1) is 10.4. The molecule has 1 saturated heterocycles. The fraction of sp³-hybridized carbons (Fsp3) is 0.882. The van der Waals surface area contributed by atoms with E-state index in [0.717, 1.165) is 31.8 Å². The van der Waals surface area contributed by atoms with E-state index in [0.29, 0.717) is 12.0 Å². The van der Waals surface area contributed by atoms with Crippen LogP contribution in [0.1, 0.15) is 52.9 Å². The largest absolute Gasteiger partial charge is 0.349 e. The van der Waals surface area contributed by atoms with Gasteiger partial charge in [-0.1, -0.05) is 20.8 Å². The predicted molar refractivity (Wildman–Crippen MR) is 91.0 cm³/mol. The van der Waals surface area contributed by atoms with Gasteiger partial charge in [0.25, 0.3) is 5.91 Å². The number of nitrogens with one attached hydrogen (secondary N) is 1. The first-order valence-electron chi connectivity index (χ1n) is 8.70. The first kappa shape index (κ1) is 17.3. The van der Waals surface area contributed by atoms with Crippen molar-refractivity contribution in [2.24, 2.45) is 10.9 Å². The summed E-state index contributed by atoms with van der Waals surface area (Å²) in [7, 11) is 3.85. The van der Waals surface area contributed by atoms with Crippen LogP contribution in [0, 0.1) is 5.92 Å². The molecule has 1 spiro atoms. The van der Waals surface area contributed by atoms with Gasteiger partial charge in [0.15, 0.2) is 0 Å². The molecule has 0 aromatic carbocycles. The summed E-state index contributed by atoms with van der Waals surface area (Å²) in [4.78, 5) is 21.5. The van der Waals surface area contributed by atoms with Crippen LogP contribution in [0.2, 0.25) is 0 Å². The minimum absolute atomic E-state index is 0.0890. The van der Waals surface area contributed by atoms with Gasteiger partial charge in [-0.3, -0.25) is 10.1 Å². The number of likely N-dealkylation sites (tertiary alicyclic amines) is 1. The Hall–Kier alpha value is -1.10. The summed E-state index contributed by atoms with van der Waals surface area (Å²) >= 11 is 0. The summed E-state index contributed by atoms with van der Waals surface area (Å²) in [5, 5.41) is 2.93. The van der Waals surface area contributed by atoms with Gasteiger partial charge < -0.3 is 9.80 Å². The van der Waals surface area contributed by atoms with Gasteiger partial charge in [-0.2, -0.15) is 0 Å². The van der Waals surface area contributed by atoms with Crippen LogP contribution in [-0.2, 0) is 4.79 Å². The number of nitrogens with zero attached hydrogens (tertiary/aromatic N) is 3.